The SMILES string of the molecule is [O-][Br+2]([O-])[O][Sn]([O][Br+2]([O-])[O-])([O][Br+2]([O-])[O-])[O][Br+2]([O-])[O-]. The van der Waals surface area contributed by atoms with Gasteiger partial charge in [-0.1, -0.05) is 0 Å². The van der Waals surface area contributed by atoms with Crippen LogP contribution in [0.25, 0.3) is 0 Å². The van der Waals surface area contributed by atoms with Gasteiger partial charge in [-0.05, 0) is 0 Å². The molecule has 0 atom stereocenters. The molecular formula is Br4O12Sn. The Kier molecular flexibility index (Phi) is 10.4. The molecule has 0 aliphatic carbocycles. The minimum atomic E-state index is -6.20. The van der Waals surface area contributed by atoms with Gasteiger partial charge in [0.2, 0.25) is 0 Å². The van der Waals surface area contributed by atoms with Crippen molar-refractivity contribution in [3.8, 4) is 0 Å². The Morgan fingerprint density at radius 3 is 0.765 bits per heavy atom. The predicted molar refractivity (Wildman–Crippen MR) is 10.1 cm³/mol. The van der Waals surface area contributed by atoms with Crippen molar-refractivity contribution in [1.29, 1.82) is 0 Å². The van der Waals surface area contributed by atoms with Gasteiger partial charge in [0, 0.05) is 0 Å². The molecule has 0 radical (unpaired) electrons. The molecule has 0 amide bonds. The fourth-order valence-electron chi connectivity index (χ4n) is 0.380. The van der Waals surface area contributed by atoms with Crippen molar-refractivity contribution in [2.45, 2.75) is 0 Å². The molecule has 0 aliphatic heterocycles. The summed E-state index contributed by atoms with van der Waals surface area (Å²) in [6.07, 6.45) is 0. The van der Waals surface area contributed by atoms with Crippen LogP contribution >= 0.6 is 0 Å². The van der Waals surface area contributed by atoms with Crippen LogP contribution in [0.1, 0.15) is 0 Å². The summed E-state index contributed by atoms with van der Waals surface area (Å²) in [7, 11) is 0. The average molecular weight is 630 g/mol. The third-order valence-electron chi connectivity index (χ3n) is 0.630. The molecule has 12 nitrogen and oxygen atoms in total. The van der Waals surface area contributed by atoms with Crippen LogP contribution in [0.15, 0.2) is 0 Å². The summed E-state index contributed by atoms with van der Waals surface area (Å²) < 4.78 is 97.1. The number of rotatable bonds is 8. The van der Waals surface area contributed by atoms with Crippen LogP contribution in [0.5, 0.6) is 0 Å². The first kappa shape index (κ1) is 19.2. The van der Waals surface area contributed by atoms with E-state index in [0.29, 0.717) is 0 Å². The maximum atomic E-state index is 10.2. The van der Waals surface area contributed by atoms with E-state index < -0.39 is 79.3 Å². The van der Waals surface area contributed by atoms with Gasteiger partial charge in [-0.2, -0.15) is 0 Å². The molecule has 0 unspecified atom stereocenters. The van der Waals surface area contributed by atoms with Crippen molar-refractivity contribution >= 4 is 20.0 Å². The Hall–Kier alpha value is 2.24. The van der Waals surface area contributed by atoms with Gasteiger partial charge in [-0.15, -0.1) is 0 Å². The number of halogens is 4. The van der Waals surface area contributed by atoms with Crippen molar-refractivity contribution in [3.63, 3.8) is 0 Å². The second-order valence-electron chi connectivity index (χ2n) is 1.56. The maximum absolute atomic E-state index is 10.2. The molecule has 0 aromatic carbocycles. The van der Waals surface area contributed by atoms with Crippen molar-refractivity contribution < 1.29 is 101 Å². The van der Waals surface area contributed by atoms with Gasteiger partial charge in [-0.25, -0.2) is 0 Å². The van der Waals surface area contributed by atoms with Crippen molar-refractivity contribution in [3.05, 3.63) is 0 Å². The van der Waals surface area contributed by atoms with E-state index >= 15 is 0 Å². The van der Waals surface area contributed by atoms with Gasteiger partial charge < -0.3 is 0 Å². The zero-order chi connectivity index (χ0) is 13.6. The number of hydrogen-bond donors (Lipinski definition) is 0. The van der Waals surface area contributed by atoms with Crippen LogP contribution in [0.2, 0.25) is 0 Å². The van der Waals surface area contributed by atoms with Crippen molar-refractivity contribution in [2.24, 2.45) is 0 Å². The molecule has 0 bridgehead atoms. The molecule has 0 aromatic heterocycles. The van der Waals surface area contributed by atoms with Gasteiger partial charge in [0.25, 0.3) is 0 Å². The van der Waals surface area contributed by atoms with Crippen molar-refractivity contribution in [2.75, 3.05) is 0 Å². The zero-order valence-corrected chi connectivity index (χ0v) is 16.1. The summed E-state index contributed by atoms with van der Waals surface area (Å²) >= 11 is -23.1. The van der Waals surface area contributed by atoms with Gasteiger partial charge in [0.15, 0.2) is 0 Å². The first-order valence-corrected chi connectivity index (χ1v) is 15.1. The molecule has 0 rings (SSSR count). The fraction of sp³-hybridized carbons (Fsp3) is 0. The standard InChI is InChI=1S/4BrO3.Sn/c4*2-1(3)4;/q4*-1;+4. The molecule has 0 fully saturated rings. The van der Waals surface area contributed by atoms with E-state index in [-0.39, 0.29) is 0 Å². The molecule has 0 N–H and O–H groups in total. The molecule has 0 saturated heterocycles. The monoisotopic (exact) mass is 628 g/mol. The Morgan fingerprint density at radius 2 is 0.647 bits per heavy atom. The summed E-state index contributed by atoms with van der Waals surface area (Å²) in [6.45, 7) is 0. The molecule has 0 saturated carbocycles. The molecule has 17 heteroatoms. The van der Waals surface area contributed by atoms with E-state index in [1.807, 2.05) is 0 Å². The number of hydrogen-bond acceptors (Lipinski definition) is 12. The molecule has 0 heterocycles. The molecule has 104 valence electrons. The van der Waals surface area contributed by atoms with Crippen molar-refractivity contribution in [1.82, 2.24) is 0 Å². The molecule has 17 heavy (non-hydrogen) atoms. The summed E-state index contributed by atoms with van der Waals surface area (Å²) in [5, 5.41) is 0. The summed E-state index contributed by atoms with van der Waals surface area (Å²) in [5.74, 6) is 0. The van der Waals surface area contributed by atoms with Gasteiger partial charge in [0.05, 0.1) is 0 Å². The molecule has 0 spiro atoms. The quantitative estimate of drug-likeness (QED) is 0.228. The first-order valence-electron chi connectivity index (χ1n) is 2.67. The topological polar surface area (TPSA) is 221 Å². The van der Waals surface area contributed by atoms with E-state index in [1.54, 1.807) is 0 Å². The van der Waals surface area contributed by atoms with Gasteiger partial charge >= 0.3 is 122 Å². The molecular weight excluding hydrogens is 630 g/mol. The Labute approximate surface area is 120 Å². The van der Waals surface area contributed by atoms with Gasteiger partial charge in [-0.3, -0.25) is 0 Å². The normalized spacial score (nSPS) is 13.4. The van der Waals surface area contributed by atoms with E-state index in [1.165, 1.54) is 0 Å². The summed E-state index contributed by atoms with van der Waals surface area (Å²) in [4.78, 5) is 0. The third-order valence-corrected chi connectivity index (χ3v) is 22.0. The van der Waals surface area contributed by atoms with Crippen LogP contribution in [-0.2, 0) is 8.66 Å². The molecule has 0 aromatic rings. The van der Waals surface area contributed by atoms with Crippen LogP contribution < -0.4 is 33.6 Å². The Balaban J connectivity index is 4.89. The van der Waals surface area contributed by atoms with Crippen LogP contribution in [0.4, 0.5) is 0 Å². The second-order valence-corrected chi connectivity index (χ2v) is 18.0. The van der Waals surface area contributed by atoms with E-state index in [0.717, 1.165) is 0 Å². The average Bonchev–Trinajstić information content (AvgIpc) is 1.95. The predicted octanol–water partition coefficient (Wildman–Crippen LogP) is -10.2. The fourth-order valence-corrected chi connectivity index (χ4v) is 23.7. The van der Waals surface area contributed by atoms with E-state index in [4.69, 9.17) is 0 Å². The second kappa shape index (κ2) is 9.23. The summed E-state index contributed by atoms with van der Waals surface area (Å²) in [5.41, 5.74) is 0. The Bertz CT molecular complexity index is 159. The van der Waals surface area contributed by atoms with Crippen LogP contribution in [-0.4, -0.2) is 20.0 Å². The minimum absolute atomic E-state index is 3.78. The Morgan fingerprint density at radius 1 is 0.471 bits per heavy atom. The third kappa shape index (κ3) is 9.72. The van der Waals surface area contributed by atoms with Crippen LogP contribution in [0.3, 0.4) is 0 Å². The van der Waals surface area contributed by atoms with E-state index in [9.17, 15) is 33.6 Å². The first-order chi connectivity index (χ1) is 7.67. The van der Waals surface area contributed by atoms with E-state index in [2.05, 4.69) is 8.66 Å². The zero-order valence-electron chi connectivity index (χ0n) is 6.91. The van der Waals surface area contributed by atoms with Gasteiger partial charge in [0.1, 0.15) is 0 Å². The molecule has 0 aliphatic rings. The summed E-state index contributed by atoms with van der Waals surface area (Å²) in [6, 6.07) is 0. The van der Waals surface area contributed by atoms with Crippen LogP contribution in [0, 0.1) is 59.3 Å².